The zero-order valence-corrected chi connectivity index (χ0v) is 10.6. The van der Waals surface area contributed by atoms with Crippen molar-refractivity contribution in [3.63, 3.8) is 0 Å². The van der Waals surface area contributed by atoms with Gasteiger partial charge in [-0.25, -0.2) is 0 Å². The Morgan fingerprint density at radius 3 is 2.28 bits per heavy atom. The Kier molecular flexibility index (Phi) is 4.31. The summed E-state index contributed by atoms with van der Waals surface area (Å²) in [6.45, 7) is 3.86. The van der Waals surface area contributed by atoms with Crippen molar-refractivity contribution in [1.82, 2.24) is 0 Å². The van der Waals surface area contributed by atoms with Crippen LogP contribution in [0.5, 0.6) is 0 Å². The number of amides is 1. The molecular weight excluding hydrogens is 232 g/mol. The van der Waals surface area contributed by atoms with Gasteiger partial charge in [0.2, 0.25) is 5.91 Å². The second kappa shape index (κ2) is 5.53. The lowest BCUT2D eigenvalue weighted by Crippen LogP contribution is -2.31. The minimum Gasteiger partial charge on any atom is -0.481 e. The maximum atomic E-state index is 10.9. The number of nitrogens with two attached hydrogens (primary N) is 1. The fourth-order valence-corrected chi connectivity index (χ4v) is 1.59. The van der Waals surface area contributed by atoms with E-state index in [4.69, 9.17) is 10.8 Å². The second-order valence-electron chi connectivity index (χ2n) is 4.84. The maximum Gasteiger partial charge on any atom is 0.303 e. The number of hydrogen-bond acceptors (Lipinski definition) is 3. The van der Waals surface area contributed by atoms with E-state index in [9.17, 15) is 9.59 Å². The molecule has 0 aliphatic carbocycles. The van der Waals surface area contributed by atoms with Gasteiger partial charge in [0.25, 0.3) is 0 Å². The van der Waals surface area contributed by atoms with Gasteiger partial charge in [-0.05, 0) is 44.5 Å². The molecule has 0 heterocycles. The van der Waals surface area contributed by atoms with Crippen molar-refractivity contribution in [2.45, 2.75) is 32.2 Å². The van der Waals surface area contributed by atoms with Crippen LogP contribution in [-0.2, 0) is 4.79 Å². The molecule has 0 radical (unpaired) electrons. The topological polar surface area (TPSA) is 92.4 Å². The Morgan fingerprint density at radius 2 is 1.83 bits per heavy atom. The Hall–Kier alpha value is -2.04. The molecule has 0 bridgehead atoms. The van der Waals surface area contributed by atoms with Crippen molar-refractivity contribution >= 4 is 17.6 Å². The smallest absolute Gasteiger partial charge is 0.303 e. The summed E-state index contributed by atoms with van der Waals surface area (Å²) in [5.74, 6) is -1.28. The zero-order chi connectivity index (χ0) is 13.8. The molecule has 0 aliphatic rings. The first-order chi connectivity index (χ1) is 8.30. The molecule has 0 atom stereocenters. The molecule has 0 saturated heterocycles. The molecule has 1 aromatic carbocycles. The van der Waals surface area contributed by atoms with Gasteiger partial charge in [-0.15, -0.1) is 0 Å². The number of hydrogen-bond donors (Lipinski definition) is 3. The highest BCUT2D eigenvalue weighted by Crippen LogP contribution is 2.20. The van der Waals surface area contributed by atoms with E-state index in [1.54, 1.807) is 24.3 Å². The van der Waals surface area contributed by atoms with Gasteiger partial charge in [0.05, 0.1) is 0 Å². The van der Waals surface area contributed by atoms with Crippen LogP contribution in [0, 0.1) is 0 Å². The molecule has 98 valence electrons. The van der Waals surface area contributed by atoms with Crippen molar-refractivity contribution in [1.29, 1.82) is 0 Å². The van der Waals surface area contributed by atoms with Gasteiger partial charge < -0.3 is 16.2 Å². The van der Waals surface area contributed by atoms with Gasteiger partial charge in [0, 0.05) is 23.2 Å². The molecule has 5 nitrogen and oxygen atoms in total. The van der Waals surface area contributed by atoms with Gasteiger partial charge in [0.15, 0.2) is 0 Å². The lowest BCUT2D eigenvalue weighted by molar-refractivity contribution is -0.137. The van der Waals surface area contributed by atoms with E-state index in [1.165, 1.54) is 0 Å². The summed E-state index contributed by atoms with van der Waals surface area (Å²) in [5.41, 5.74) is 6.10. The average Bonchev–Trinajstić information content (AvgIpc) is 2.27. The first-order valence-electron chi connectivity index (χ1n) is 5.70. The predicted molar refractivity (Wildman–Crippen MR) is 69.5 cm³/mol. The van der Waals surface area contributed by atoms with Crippen LogP contribution in [0.15, 0.2) is 24.3 Å². The largest absolute Gasteiger partial charge is 0.481 e. The number of carboxylic acids is 1. The minimum atomic E-state index is -0.811. The molecule has 1 rings (SSSR count). The summed E-state index contributed by atoms with van der Waals surface area (Å²) in [6.07, 6.45) is 0.624. The van der Waals surface area contributed by atoms with E-state index in [1.807, 2.05) is 13.8 Å². The van der Waals surface area contributed by atoms with Crippen LogP contribution in [0.4, 0.5) is 5.69 Å². The van der Waals surface area contributed by atoms with Crippen LogP contribution in [0.2, 0.25) is 0 Å². The van der Waals surface area contributed by atoms with E-state index >= 15 is 0 Å². The number of anilines is 1. The number of rotatable bonds is 6. The van der Waals surface area contributed by atoms with Crippen molar-refractivity contribution in [3.05, 3.63) is 29.8 Å². The van der Waals surface area contributed by atoms with Crippen LogP contribution in [0.1, 0.15) is 37.0 Å². The summed E-state index contributed by atoms with van der Waals surface area (Å²) in [5, 5.41) is 11.9. The normalized spacial score (nSPS) is 11.0. The summed E-state index contributed by atoms with van der Waals surface area (Å²) in [4.78, 5) is 21.5. The van der Waals surface area contributed by atoms with Gasteiger partial charge in [0.1, 0.15) is 0 Å². The van der Waals surface area contributed by atoms with Gasteiger partial charge in [-0.1, -0.05) is 0 Å². The second-order valence-corrected chi connectivity index (χ2v) is 4.84. The Bertz CT molecular complexity index is 438. The average molecular weight is 250 g/mol. The minimum absolute atomic E-state index is 0.110. The third kappa shape index (κ3) is 4.45. The maximum absolute atomic E-state index is 10.9. The van der Waals surface area contributed by atoms with Gasteiger partial charge in [-0.3, -0.25) is 9.59 Å². The standard InChI is InChI=1S/C13H18N2O3/c1-13(2,8-7-11(16)17)15-10-5-3-9(4-6-10)12(14)18/h3-6,15H,7-8H2,1-2H3,(H2,14,18)(H,16,17). The Balaban J connectivity index is 2.65. The number of carbonyl (C=O) groups excluding carboxylic acids is 1. The molecule has 0 saturated carbocycles. The molecule has 18 heavy (non-hydrogen) atoms. The molecule has 0 unspecified atom stereocenters. The fraction of sp³-hybridized carbons (Fsp3) is 0.385. The monoisotopic (exact) mass is 250 g/mol. The van der Waals surface area contributed by atoms with Gasteiger partial charge >= 0.3 is 5.97 Å². The number of nitrogens with one attached hydrogen (secondary N) is 1. The first kappa shape index (κ1) is 14.0. The summed E-state index contributed by atoms with van der Waals surface area (Å²) >= 11 is 0. The molecule has 1 amide bonds. The van der Waals surface area contributed by atoms with Crippen LogP contribution in [0.3, 0.4) is 0 Å². The fourth-order valence-electron chi connectivity index (χ4n) is 1.59. The third-order valence-electron chi connectivity index (χ3n) is 2.62. The van der Waals surface area contributed by atoms with Crippen LogP contribution >= 0.6 is 0 Å². The molecule has 1 aromatic rings. The third-order valence-corrected chi connectivity index (χ3v) is 2.62. The number of benzene rings is 1. The molecule has 5 heteroatoms. The van der Waals surface area contributed by atoms with Crippen LogP contribution < -0.4 is 11.1 Å². The van der Waals surface area contributed by atoms with Crippen molar-refractivity contribution in [2.75, 3.05) is 5.32 Å². The highest BCUT2D eigenvalue weighted by Gasteiger charge is 2.18. The number of carbonyl (C=O) groups is 2. The summed E-state index contributed by atoms with van der Waals surface area (Å²) in [7, 11) is 0. The van der Waals surface area contributed by atoms with Gasteiger partial charge in [-0.2, -0.15) is 0 Å². The first-order valence-corrected chi connectivity index (χ1v) is 5.70. The number of primary amides is 1. The summed E-state index contributed by atoms with van der Waals surface area (Å²) < 4.78 is 0. The number of carboxylic acid groups (broad SMARTS) is 1. The quantitative estimate of drug-likeness (QED) is 0.718. The SMILES string of the molecule is CC(C)(CCC(=O)O)Nc1ccc(C(N)=O)cc1. The van der Waals surface area contributed by atoms with Crippen molar-refractivity contribution in [3.8, 4) is 0 Å². The van der Waals surface area contributed by atoms with Crippen LogP contribution in [0.25, 0.3) is 0 Å². The molecule has 0 aromatic heterocycles. The van der Waals surface area contributed by atoms with Crippen molar-refractivity contribution in [2.24, 2.45) is 5.73 Å². The highest BCUT2D eigenvalue weighted by molar-refractivity contribution is 5.93. The molecule has 0 fully saturated rings. The molecule has 4 N–H and O–H groups in total. The molecule has 0 spiro atoms. The summed E-state index contributed by atoms with van der Waals surface area (Å²) in [6, 6.07) is 6.78. The highest BCUT2D eigenvalue weighted by atomic mass is 16.4. The van der Waals surface area contributed by atoms with E-state index in [2.05, 4.69) is 5.32 Å². The van der Waals surface area contributed by atoms with Crippen LogP contribution in [-0.4, -0.2) is 22.5 Å². The van der Waals surface area contributed by atoms with Crippen molar-refractivity contribution < 1.29 is 14.7 Å². The Morgan fingerprint density at radius 1 is 1.28 bits per heavy atom. The van der Waals surface area contributed by atoms with E-state index in [0.29, 0.717) is 12.0 Å². The number of aliphatic carboxylic acids is 1. The van der Waals surface area contributed by atoms with E-state index in [-0.39, 0.29) is 12.0 Å². The lowest BCUT2D eigenvalue weighted by atomic mass is 9.98. The van der Waals surface area contributed by atoms with E-state index in [0.717, 1.165) is 5.69 Å². The van der Waals surface area contributed by atoms with E-state index < -0.39 is 11.9 Å². The molecule has 0 aliphatic heterocycles. The zero-order valence-electron chi connectivity index (χ0n) is 10.6. The lowest BCUT2D eigenvalue weighted by Gasteiger charge is -2.27. The Labute approximate surface area is 106 Å². The molecular formula is C13H18N2O3. The predicted octanol–water partition coefficient (Wildman–Crippen LogP) is 1.84.